The summed E-state index contributed by atoms with van der Waals surface area (Å²) < 4.78 is 5.79. The Bertz CT molecular complexity index is 925. The normalized spacial score (nSPS) is 11.1. The smallest absolute Gasteiger partial charge is 0.336 e. The number of aryl methyl sites for hydroxylation is 1. The van der Waals surface area contributed by atoms with Gasteiger partial charge >= 0.3 is 5.97 Å². The molecule has 0 aliphatic heterocycles. The summed E-state index contributed by atoms with van der Waals surface area (Å²) >= 11 is 0. The topological polar surface area (TPSA) is 104 Å². The third kappa shape index (κ3) is 4.47. The molecule has 0 aliphatic rings. The number of benzene rings is 2. The van der Waals surface area contributed by atoms with Crippen LogP contribution in [0.2, 0.25) is 0 Å². The molecular formula is C21H22O6. The van der Waals surface area contributed by atoms with Gasteiger partial charge in [0.15, 0.2) is 5.78 Å². The highest BCUT2D eigenvalue weighted by molar-refractivity contribution is 6.09. The molecule has 142 valence electrons. The maximum Gasteiger partial charge on any atom is 0.336 e. The minimum atomic E-state index is -1.05. The third-order valence-electron chi connectivity index (χ3n) is 3.97. The molecule has 0 saturated carbocycles. The Morgan fingerprint density at radius 1 is 1.11 bits per heavy atom. The predicted molar refractivity (Wildman–Crippen MR) is 102 cm³/mol. The predicted octanol–water partition coefficient (Wildman–Crippen LogP) is 4.10. The fraction of sp³-hybridized carbons (Fsp3) is 0.238. The molecule has 27 heavy (non-hydrogen) atoms. The first kappa shape index (κ1) is 20.0. The van der Waals surface area contributed by atoms with E-state index < -0.39 is 11.8 Å². The number of phenolic OH excluding ortho intramolecular Hbond substituents is 2. The molecule has 2 aromatic rings. The van der Waals surface area contributed by atoms with Gasteiger partial charge in [0.05, 0.1) is 17.2 Å². The Balaban J connectivity index is 2.51. The lowest BCUT2D eigenvalue weighted by atomic mass is 9.97. The first-order valence-corrected chi connectivity index (χ1v) is 8.40. The molecule has 0 radical (unpaired) electrons. The molecule has 0 spiro atoms. The maximum atomic E-state index is 12.4. The van der Waals surface area contributed by atoms with Crippen molar-refractivity contribution in [2.45, 2.75) is 33.8 Å². The zero-order valence-corrected chi connectivity index (χ0v) is 15.6. The summed E-state index contributed by atoms with van der Waals surface area (Å²) in [5.74, 6) is -1.54. The number of ether oxygens (including phenoxy) is 1. The number of aromatic carboxylic acids is 1. The summed E-state index contributed by atoms with van der Waals surface area (Å²) in [4.78, 5) is 23.9. The molecule has 0 amide bonds. The van der Waals surface area contributed by atoms with E-state index in [1.54, 1.807) is 19.9 Å². The molecule has 0 fully saturated rings. The summed E-state index contributed by atoms with van der Waals surface area (Å²) in [7, 11) is 0. The first-order valence-electron chi connectivity index (χ1n) is 8.40. The molecule has 3 N–H and O–H groups in total. The molecule has 0 aliphatic carbocycles. The van der Waals surface area contributed by atoms with Crippen LogP contribution in [-0.2, 0) is 0 Å². The van der Waals surface area contributed by atoms with Crippen molar-refractivity contribution in [2.24, 2.45) is 0 Å². The minimum absolute atomic E-state index is 0.0341. The van der Waals surface area contributed by atoms with Crippen LogP contribution >= 0.6 is 0 Å². The van der Waals surface area contributed by atoms with Gasteiger partial charge in [-0.3, -0.25) is 4.79 Å². The second-order valence-corrected chi connectivity index (χ2v) is 6.48. The number of carbonyl (C=O) groups excluding carboxylic acids is 1. The number of aromatic hydroxyl groups is 2. The van der Waals surface area contributed by atoms with Gasteiger partial charge in [-0.15, -0.1) is 0 Å². The van der Waals surface area contributed by atoms with E-state index in [1.807, 2.05) is 13.8 Å². The molecule has 0 bridgehead atoms. The fourth-order valence-corrected chi connectivity index (χ4v) is 2.82. The highest BCUT2D eigenvalue weighted by Gasteiger charge is 2.19. The van der Waals surface area contributed by atoms with E-state index in [0.29, 0.717) is 22.4 Å². The molecule has 6 heteroatoms. The summed E-state index contributed by atoms with van der Waals surface area (Å²) in [6.45, 7) is 6.98. The summed E-state index contributed by atoms with van der Waals surface area (Å²) in [6.07, 6.45) is 2.57. The van der Waals surface area contributed by atoms with E-state index in [1.165, 1.54) is 30.4 Å². The summed E-state index contributed by atoms with van der Waals surface area (Å²) in [5, 5.41) is 28.8. The van der Waals surface area contributed by atoms with Crippen molar-refractivity contribution in [3.63, 3.8) is 0 Å². The Labute approximate surface area is 157 Å². The van der Waals surface area contributed by atoms with Crippen LogP contribution in [0.5, 0.6) is 17.2 Å². The Morgan fingerprint density at radius 3 is 2.37 bits per heavy atom. The molecule has 6 nitrogen and oxygen atoms in total. The monoisotopic (exact) mass is 370 g/mol. The van der Waals surface area contributed by atoms with Gasteiger partial charge in [-0.2, -0.15) is 0 Å². The Hall–Kier alpha value is -3.28. The number of rotatable bonds is 6. The van der Waals surface area contributed by atoms with Crippen LogP contribution in [0.25, 0.3) is 6.08 Å². The third-order valence-corrected chi connectivity index (χ3v) is 3.97. The zero-order chi connectivity index (χ0) is 20.3. The van der Waals surface area contributed by atoms with Crippen LogP contribution < -0.4 is 4.74 Å². The van der Waals surface area contributed by atoms with E-state index in [4.69, 9.17) is 4.74 Å². The van der Waals surface area contributed by atoms with E-state index in [2.05, 4.69) is 0 Å². The second kappa shape index (κ2) is 7.95. The second-order valence-electron chi connectivity index (χ2n) is 6.48. The van der Waals surface area contributed by atoms with E-state index >= 15 is 0 Å². The quantitative estimate of drug-likeness (QED) is 0.402. The number of carboxylic acids is 1. The lowest BCUT2D eigenvalue weighted by Crippen LogP contribution is -2.12. The molecule has 0 unspecified atom stereocenters. The van der Waals surface area contributed by atoms with Gasteiger partial charge in [0.1, 0.15) is 17.2 Å². The number of allylic oxidation sites excluding steroid dienone is 1. The lowest BCUT2D eigenvalue weighted by molar-refractivity contribution is 0.0694. The minimum Gasteiger partial charge on any atom is -0.508 e. The van der Waals surface area contributed by atoms with Gasteiger partial charge < -0.3 is 20.1 Å². The van der Waals surface area contributed by atoms with Crippen LogP contribution in [0.15, 0.2) is 30.3 Å². The number of carbonyl (C=O) groups is 2. The van der Waals surface area contributed by atoms with Crippen molar-refractivity contribution in [3.8, 4) is 17.2 Å². The van der Waals surface area contributed by atoms with Crippen molar-refractivity contribution in [3.05, 3.63) is 58.2 Å². The van der Waals surface area contributed by atoms with Gasteiger partial charge in [-0.25, -0.2) is 4.79 Å². The standard InChI is InChI=1S/C21H22O6/c1-11(2)27-20-13(4)19(21(25)26)12(3)9-14(20)5-7-17(23)16-10-15(22)6-8-18(16)24/h5-11,22,24H,1-4H3,(H,25,26). The molecule has 0 aromatic heterocycles. The largest absolute Gasteiger partial charge is 0.508 e. The highest BCUT2D eigenvalue weighted by atomic mass is 16.5. The average molecular weight is 370 g/mol. The SMILES string of the molecule is Cc1cc(C=CC(=O)c2cc(O)ccc2O)c(OC(C)C)c(C)c1C(=O)O. The van der Waals surface area contributed by atoms with Crippen molar-refractivity contribution < 1.29 is 29.6 Å². The fourth-order valence-electron chi connectivity index (χ4n) is 2.82. The van der Waals surface area contributed by atoms with Crippen LogP contribution in [-0.4, -0.2) is 33.2 Å². The van der Waals surface area contributed by atoms with Gasteiger partial charge in [0.25, 0.3) is 0 Å². The van der Waals surface area contributed by atoms with Gasteiger partial charge in [-0.05, 0) is 69.7 Å². The zero-order valence-electron chi connectivity index (χ0n) is 15.6. The Kier molecular flexibility index (Phi) is 5.90. The van der Waals surface area contributed by atoms with Crippen molar-refractivity contribution in [1.29, 1.82) is 0 Å². The number of hydrogen-bond acceptors (Lipinski definition) is 5. The van der Waals surface area contributed by atoms with Crippen molar-refractivity contribution >= 4 is 17.8 Å². The van der Waals surface area contributed by atoms with Crippen LogP contribution in [0.3, 0.4) is 0 Å². The molecular weight excluding hydrogens is 348 g/mol. The van der Waals surface area contributed by atoms with E-state index in [0.717, 1.165) is 0 Å². The first-order chi connectivity index (χ1) is 12.6. The number of phenols is 2. The summed E-state index contributed by atoms with van der Waals surface area (Å²) in [5.41, 5.74) is 1.71. The van der Waals surface area contributed by atoms with Gasteiger partial charge in [-0.1, -0.05) is 0 Å². The van der Waals surface area contributed by atoms with Crippen molar-refractivity contribution in [2.75, 3.05) is 0 Å². The van der Waals surface area contributed by atoms with E-state index in [9.17, 15) is 24.9 Å². The molecule has 0 saturated heterocycles. The lowest BCUT2D eigenvalue weighted by Gasteiger charge is -2.18. The molecule has 0 atom stereocenters. The number of carboxylic acid groups (broad SMARTS) is 1. The number of hydrogen-bond donors (Lipinski definition) is 3. The molecule has 2 rings (SSSR count). The summed E-state index contributed by atoms with van der Waals surface area (Å²) in [6, 6.07) is 5.33. The Morgan fingerprint density at radius 2 is 1.78 bits per heavy atom. The van der Waals surface area contributed by atoms with Gasteiger partial charge in [0.2, 0.25) is 0 Å². The van der Waals surface area contributed by atoms with Crippen LogP contribution in [0, 0.1) is 13.8 Å². The highest BCUT2D eigenvalue weighted by Crippen LogP contribution is 2.32. The molecule has 0 heterocycles. The molecule has 2 aromatic carbocycles. The van der Waals surface area contributed by atoms with Gasteiger partial charge in [0, 0.05) is 11.1 Å². The van der Waals surface area contributed by atoms with Crippen molar-refractivity contribution in [1.82, 2.24) is 0 Å². The maximum absolute atomic E-state index is 12.4. The van der Waals surface area contributed by atoms with E-state index in [-0.39, 0.29) is 28.7 Å². The number of ketones is 1. The van der Waals surface area contributed by atoms with Crippen LogP contribution in [0.1, 0.15) is 51.3 Å². The average Bonchev–Trinajstić information content (AvgIpc) is 2.57. The van der Waals surface area contributed by atoms with Crippen LogP contribution in [0.4, 0.5) is 0 Å².